The van der Waals surface area contributed by atoms with Crippen LogP contribution in [0.5, 0.6) is 11.5 Å². The smallest absolute Gasteiger partial charge is 0.349 e. The lowest BCUT2D eigenvalue weighted by Gasteiger charge is -2.09. The molecular formula is C19H20N2O3. The number of aromatic nitrogens is 2. The van der Waals surface area contributed by atoms with Gasteiger partial charge in [0.1, 0.15) is 11.5 Å². The van der Waals surface area contributed by atoms with Crippen molar-refractivity contribution in [3.05, 3.63) is 54.4 Å². The molecule has 0 atom stereocenters. The van der Waals surface area contributed by atoms with Gasteiger partial charge in [-0.15, -0.1) is 0 Å². The number of carbonyl (C=O) groups excluding carboxylic acids is 1. The van der Waals surface area contributed by atoms with E-state index in [0.29, 0.717) is 17.4 Å². The molecule has 0 fully saturated rings. The Labute approximate surface area is 140 Å². The van der Waals surface area contributed by atoms with Crippen LogP contribution in [0.3, 0.4) is 0 Å². The van der Waals surface area contributed by atoms with Crippen LogP contribution >= 0.6 is 0 Å². The van der Waals surface area contributed by atoms with Crippen molar-refractivity contribution in [2.24, 2.45) is 7.05 Å². The summed E-state index contributed by atoms with van der Waals surface area (Å²) < 4.78 is 12.7. The summed E-state index contributed by atoms with van der Waals surface area (Å²) in [4.78, 5) is 16.2. The Bertz CT molecular complexity index is 851. The minimum Gasteiger partial charge on any atom is -0.482 e. The van der Waals surface area contributed by atoms with Gasteiger partial charge in [0.05, 0.1) is 17.4 Å². The van der Waals surface area contributed by atoms with E-state index in [1.807, 2.05) is 41.9 Å². The van der Waals surface area contributed by atoms with E-state index in [1.165, 1.54) is 5.56 Å². The van der Waals surface area contributed by atoms with E-state index < -0.39 is 5.97 Å². The monoisotopic (exact) mass is 324 g/mol. The fourth-order valence-corrected chi connectivity index (χ4v) is 2.43. The van der Waals surface area contributed by atoms with E-state index >= 15 is 0 Å². The van der Waals surface area contributed by atoms with Gasteiger partial charge in [0, 0.05) is 13.1 Å². The van der Waals surface area contributed by atoms with Gasteiger partial charge in [-0.1, -0.05) is 26.0 Å². The zero-order chi connectivity index (χ0) is 17.1. The molecular weight excluding hydrogens is 304 g/mol. The van der Waals surface area contributed by atoms with Gasteiger partial charge in [-0.2, -0.15) is 0 Å². The van der Waals surface area contributed by atoms with Crippen molar-refractivity contribution in [1.29, 1.82) is 0 Å². The molecule has 5 heteroatoms. The zero-order valence-electron chi connectivity index (χ0n) is 14.0. The number of esters is 1. The summed E-state index contributed by atoms with van der Waals surface area (Å²) >= 11 is 0. The van der Waals surface area contributed by atoms with Crippen LogP contribution in [0.4, 0.5) is 0 Å². The summed E-state index contributed by atoms with van der Waals surface area (Å²) in [6.45, 7) is 4.12. The molecule has 0 aliphatic carbocycles. The predicted molar refractivity (Wildman–Crippen MR) is 92.4 cm³/mol. The Morgan fingerprint density at radius 1 is 1.12 bits per heavy atom. The molecule has 0 spiro atoms. The number of hydrogen-bond acceptors (Lipinski definition) is 4. The number of hydrogen-bond donors (Lipinski definition) is 0. The molecule has 0 bridgehead atoms. The van der Waals surface area contributed by atoms with Gasteiger partial charge >= 0.3 is 5.97 Å². The van der Waals surface area contributed by atoms with Crippen molar-refractivity contribution < 1.29 is 14.3 Å². The first-order valence-electron chi connectivity index (χ1n) is 7.87. The largest absolute Gasteiger partial charge is 0.482 e. The number of imidazole rings is 1. The van der Waals surface area contributed by atoms with Crippen LogP contribution in [0.15, 0.2) is 48.8 Å². The number of fused-ring (bicyclic) bond motifs is 1. The molecule has 1 aromatic heterocycles. The van der Waals surface area contributed by atoms with Crippen LogP contribution in [0.25, 0.3) is 11.0 Å². The van der Waals surface area contributed by atoms with Crippen LogP contribution in [-0.4, -0.2) is 22.1 Å². The highest BCUT2D eigenvalue weighted by Gasteiger charge is 2.09. The Kier molecular flexibility index (Phi) is 4.51. The highest BCUT2D eigenvalue weighted by molar-refractivity contribution is 5.79. The van der Waals surface area contributed by atoms with Crippen LogP contribution in [0.1, 0.15) is 25.3 Å². The van der Waals surface area contributed by atoms with Crippen molar-refractivity contribution in [1.82, 2.24) is 9.55 Å². The molecule has 0 unspecified atom stereocenters. The molecule has 24 heavy (non-hydrogen) atoms. The summed E-state index contributed by atoms with van der Waals surface area (Å²) in [5, 5.41) is 0. The molecule has 0 amide bonds. The van der Waals surface area contributed by atoms with Crippen molar-refractivity contribution in [3.8, 4) is 11.5 Å². The Balaban J connectivity index is 1.58. The first kappa shape index (κ1) is 16.1. The molecule has 0 aliphatic heterocycles. The Hall–Kier alpha value is -2.82. The fourth-order valence-electron chi connectivity index (χ4n) is 2.43. The third-order valence-corrected chi connectivity index (χ3v) is 3.83. The van der Waals surface area contributed by atoms with Gasteiger partial charge in [0.2, 0.25) is 0 Å². The number of nitrogens with zero attached hydrogens (tertiary/aromatic N) is 2. The van der Waals surface area contributed by atoms with Gasteiger partial charge in [-0.25, -0.2) is 9.78 Å². The van der Waals surface area contributed by atoms with Gasteiger partial charge in [0.25, 0.3) is 0 Å². The minimum atomic E-state index is -0.446. The average molecular weight is 324 g/mol. The van der Waals surface area contributed by atoms with Crippen molar-refractivity contribution in [3.63, 3.8) is 0 Å². The van der Waals surface area contributed by atoms with Crippen molar-refractivity contribution in [2.75, 3.05) is 6.61 Å². The first-order valence-corrected chi connectivity index (χ1v) is 7.87. The average Bonchev–Trinajstić information content (AvgIpc) is 2.94. The molecule has 2 aromatic carbocycles. The molecule has 3 aromatic rings. The highest BCUT2D eigenvalue weighted by atomic mass is 16.6. The van der Waals surface area contributed by atoms with E-state index in [4.69, 9.17) is 9.47 Å². The number of aryl methyl sites for hydroxylation is 1. The van der Waals surface area contributed by atoms with E-state index in [1.54, 1.807) is 18.5 Å². The summed E-state index contributed by atoms with van der Waals surface area (Å²) in [5.74, 6) is 1.13. The van der Waals surface area contributed by atoms with Gasteiger partial charge < -0.3 is 14.0 Å². The predicted octanol–water partition coefficient (Wildman–Crippen LogP) is 3.68. The van der Waals surface area contributed by atoms with E-state index in [-0.39, 0.29) is 6.61 Å². The lowest BCUT2D eigenvalue weighted by molar-refractivity contribution is -0.136. The summed E-state index contributed by atoms with van der Waals surface area (Å²) in [7, 11) is 1.92. The zero-order valence-corrected chi connectivity index (χ0v) is 14.0. The summed E-state index contributed by atoms with van der Waals surface area (Å²) in [6.07, 6.45) is 1.72. The quantitative estimate of drug-likeness (QED) is 0.531. The minimum absolute atomic E-state index is 0.138. The second-order valence-corrected chi connectivity index (χ2v) is 5.99. The van der Waals surface area contributed by atoms with Crippen LogP contribution in [-0.2, 0) is 11.8 Å². The van der Waals surface area contributed by atoms with Crippen LogP contribution in [0.2, 0.25) is 0 Å². The molecule has 124 valence electrons. The SMILES string of the molecule is CC(C)c1ccc(OCC(=O)Oc2ccc3c(c2)ncn3C)cc1. The molecule has 1 heterocycles. The summed E-state index contributed by atoms with van der Waals surface area (Å²) in [6, 6.07) is 13.1. The Morgan fingerprint density at radius 3 is 2.54 bits per heavy atom. The molecule has 5 nitrogen and oxygen atoms in total. The number of benzene rings is 2. The molecule has 0 radical (unpaired) electrons. The molecule has 3 rings (SSSR count). The van der Waals surface area contributed by atoms with E-state index in [9.17, 15) is 4.79 Å². The lowest BCUT2D eigenvalue weighted by Crippen LogP contribution is -2.17. The van der Waals surface area contributed by atoms with Crippen molar-refractivity contribution in [2.45, 2.75) is 19.8 Å². The molecule has 0 saturated heterocycles. The maximum absolute atomic E-state index is 11.9. The van der Waals surface area contributed by atoms with Gasteiger partial charge in [0.15, 0.2) is 6.61 Å². The summed E-state index contributed by atoms with van der Waals surface area (Å²) in [5.41, 5.74) is 3.00. The number of rotatable bonds is 5. The van der Waals surface area contributed by atoms with Crippen LogP contribution in [0, 0.1) is 0 Å². The highest BCUT2D eigenvalue weighted by Crippen LogP contribution is 2.20. The number of ether oxygens (including phenoxy) is 2. The van der Waals surface area contributed by atoms with Crippen molar-refractivity contribution >= 4 is 17.0 Å². The fraction of sp³-hybridized carbons (Fsp3) is 0.263. The van der Waals surface area contributed by atoms with E-state index in [0.717, 1.165) is 11.0 Å². The third kappa shape index (κ3) is 3.56. The maximum atomic E-state index is 11.9. The molecule has 0 aliphatic rings. The van der Waals surface area contributed by atoms with Gasteiger partial charge in [-0.3, -0.25) is 0 Å². The third-order valence-electron chi connectivity index (χ3n) is 3.83. The topological polar surface area (TPSA) is 53.4 Å². The molecule has 0 N–H and O–H groups in total. The Morgan fingerprint density at radius 2 is 1.83 bits per heavy atom. The van der Waals surface area contributed by atoms with Gasteiger partial charge in [-0.05, 0) is 35.7 Å². The lowest BCUT2D eigenvalue weighted by atomic mass is 10.0. The molecule has 0 saturated carbocycles. The first-order chi connectivity index (χ1) is 11.5. The van der Waals surface area contributed by atoms with E-state index in [2.05, 4.69) is 18.8 Å². The second-order valence-electron chi connectivity index (χ2n) is 5.99. The maximum Gasteiger partial charge on any atom is 0.349 e. The normalized spacial score (nSPS) is 11.0. The second kappa shape index (κ2) is 6.74. The number of carbonyl (C=O) groups is 1. The van der Waals surface area contributed by atoms with Crippen LogP contribution < -0.4 is 9.47 Å². The standard InChI is InChI=1S/C19H20N2O3/c1-13(2)14-4-6-15(7-5-14)23-11-19(22)24-16-8-9-18-17(10-16)20-12-21(18)3/h4-10,12-13H,11H2,1-3H3.